The molecule has 2 aromatic carbocycles. The number of piperidine rings is 1. The summed E-state index contributed by atoms with van der Waals surface area (Å²) in [5, 5.41) is 2.80. The minimum atomic E-state index is -4.61. The number of alkyl halides is 2. The summed E-state index contributed by atoms with van der Waals surface area (Å²) >= 11 is 6.04. The van der Waals surface area contributed by atoms with Gasteiger partial charge in [0.15, 0.2) is 6.04 Å². The van der Waals surface area contributed by atoms with Gasteiger partial charge in [-0.25, -0.2) is 13.2 Å². The highest BCUT2D eigenvalue weighted by Gasteiger charge is 2.50. The number of nitrogens with one attached hydrogen (secondary N) is 2. The average molecular weight is 672 g/mol. The molecule has 0 radical (unpaired) electrons. The van der Waals surface area contributed by atoms with Gasteiger partial charge in [-0.05, 0) is 95.7 Å². The number of rotatable bonds is 10. The molecule has 1 saturated carbocycles. The summed E-state index contributed by atoms with van der Waals surface area (Å²) in [4.78, 5) is 26.8. The monoisotopic (exact) mass is 671 g/mol. The molecule has 0 bridgehead atoms. The lowest BCUT2D eigenvalue weighted by molar-refractivity contribution is -0.145. The summed E-state index contributed by atoms with van der Waals surface area (Å²) in [6.07, 6.45) is 3.87. The van der Waals surface area contributed by atoms with Crippen molar-refractivity contribution in [1.29, 1.82) is 0 Å². The molecule has 1 saturated heterocycles. The van der Waals surface area contributed by atoms with E-state index in [2.05, 4.69) is 5.32 Å². The topological polar surface area (TPSA) is 123 Å². The van der Waals surface area contributed by atoms with Gasteiger partial charge in [0.05, 0.1) is 23.1 Å². The first-order valence-electron chi connectivity index (χ1n) is 14.9. The number of alkyl carbamates (subject to hydrolysis) is 1. The molecule has 0 aromatic heterocycles. The maximum atomic E-state index is 16.3. The van der Waals surface area contributed by atoms with Crippen molar-refractivity contribution >= 4 is 33.6 Å². The summed E-state index contributed by atoms with van der Waals surface area (Å²) < 4.78 is 77.7. The van der Waals surface area contributed by atoms with Crippen LogP contribution in [0.3, 0.4) is 0 Å². The summed E-state index contributed by atoms with van der Waals surface area (Å²) in [5.41, 5.74) is -1.36. The second-order valence-electron chi connectivity index (χ2n) is 12.3. The number of sulfonamides is 1. The Balaban J connectivity index is 1.56. The summed E-state index contributed by atoms with van der Waals surface area (Å²) in [7, 11) is -3.36. The van der Waals surface area contributed by atoms with E-state index in [1.807, 2.05) is 4.72 Å². The molecule has 1 aliphatic heterocycles. The van der Waals surface area contributed by atoms with Gasteiger partial charge in [-0.1, -0.05) is 17.7 Å². The molecule has 0 spiro atoms. The van der Waals surface area contributed by atoms with Crippen molar-refractivity contribution < 1.29 is 41.0 Å². The number of nitrogens with zero attached hydrogens (tertiary/aromatic N) is 1. The molecule has 2 fully saturated rings. The molecule has 1 atom stereocenters. The molecule has 14 heteroatoms. The van der Waals surface area contributed by atoms with Crippen molar-refractivity contribution in [1.82, 2.24) is 14.9 Å². The van der Waals surface area contributed by atoms with Crippen LogP contribution in [0.5, 0.6) is 11.5 Å². The van der Waals surface area contributed by atoms with Crippen molar-refractivity contribution in [2.45, 2.75) is 93.9 Å². The first-order chi connectivity index (χ1) is 21.1. The zero-order valence-corrected chi connectivity index (χ0v) is 27.3. The largest absolute Gasteiger partial charge is 0.495 e. The lowest BCUT2D eigenvalue weighted by atomic mass is 9.98. The van der Waals surface area contributed by atoms with Crippen LogP contribution in [0.4, 0.5) is 13.6 Å². The van der Waals surface area contributed by atoms with Gasteiger partial charge >= 0.3 is 6.09 Å². The number of halogens is 3. The Morgan fingerprint density at radius 3 is 2.20 bits per heavy atom. The predicted octanol–water partition coefficient (Wildman–Crippen LogP) is 5.62. The van der Waals surface area contributed by atoms with Crippen molar-refractivity contribution in [3.63, 3.8) is 0 Å². The SMILES string of the molecule is COc1cc(C(F)(F)C(NS(=O)(=O)c2ccc(OC3CCCC3)cc2)C(=O)N2CCC(NC(=O)OC(C)(C)C)CC2)ccc1Cl. The number of hydrogen-bond donors (Lipinski definition) is 2. The minimum absolute atomic E-state index is 0.00471. The molecular weight excluding hydrogens is 632 g/mol. The second kappa shape index (κ2) is 14.1. The number of hydrogen-bond acceptors (Lipinski definition) is 7. The van der Waals surface area contributed by atoms with E-state index in [4.69, 9.17) is 25.8 Å². The van der Waals surface area contributed by atoms with Gasteiger partial charge in [0.25, 0.3) is 5.92 Å². The lowest BCUT2D eigenvalue weighted by Gasteiger charge is -2.36. The number of amides is 2. The van der Waals surface area contributed by atoms with Gasteiger partial charge < -0.3 is 24.4 Å². The van der Waals surface area contributed by atoms with Crippen molar-refractivity contribution in [2.24, 2.45) is 0 Å². The van der Waals surface area contributed by atoms with E-state index in [0.29, 0.717) is 5.75 Å². The molecule has 1 aliphatic carbocycles. The maximum absolute atomic E-state index is 16.3. The predicted molar refractivity (Wildman–Crippen MR) is 164 cm³/mol. The quantitative estimate of drug-likeness (QED) is 0.336. The molecular formula is C31H40ClF2N3O7S. The molecule has 2 aliphatic rings. The highest BCUT2D eigenvalue weighted by Crippen LogP contribution is 2.38. The van der Waals surface area contributed by atoms with E-state index in [1.165, 1.54) is 42.3 Å². The van der Waals surface area contributed by atoms with Crippen LogP contribution in [0.1, 0.15) is 64.9 Å². The Kier molecular flexibility index (Phi) is 10.9. The molecule has 1 unspecified atom stereocenters. The number of likely N-dealkylation sites (tertiary alicyclic amines) is 1. The van der Waals surface area contributed by atoms with Crippen molar-refractivity contribution in [2.75, 3.05) is 20.2 Å². The Morgan fingerprint density at radius 1 is 1.00 bits per heavy atom. The lowest BCUT2D eigenvalue weighted by Crippen LogP contribution is -2.58. The molecule has 2 N–H and O–H groups in total. The first kappa shape index (κ1) is 34.7. The van der Waals surface area contributed by atoms with E-state index in [1.54, 1.807) is 20.8 Å². The van der Waals surface area contributed by atoms with Crippen LogP contribution in [-0.4, -0.2) is 69.3 Å². The van der Waals surface area contributed by atoms with Crippen LogP contribution < -0.4 is 19.5 Å². The molecule has 1 heterocycles. The zero-order valence-electron chi connectivity index (χ0n) is 25.8. The summed E-state index contributed by atoms with van der Waals surface area (Å²) in [6.45, 7) is 5.19. The molecule has 4 rings (SSSR count). The Bertz CT molecular complexity index is 1450. The van der Waals surface area contributed by atoms with E-state index in [9.17, 15) is 18.0 Å². The fourth-order valence-electron chi connectivity index (χ4n) is 5.33. The van der Waals surface area contributed by atoms with Gasteiger partial charge in [0.2, 0.25) is 15.9 Å². The third kappa shape index (κ3) is 8.98. The second-order valence-corrected chi connectivity index (χ2v) is 14.4. The summed E-state index contributed by atoms with van der Waals surface area (Å²) in [6, 6.07) is 5.77. The third-order valence-electron chi connectivity index (χ3n) is 7.68. The number of benzene rings is 2. The molecule has 2 amide bonds. The molecule has 45 heavy (non-hydrogen) atoms. The number of carbonyl (C=O) groups excluding carboxylic acids is 2. The van der Waals surface area contributed by atoms with Crippen LogP contribution in [-0.2, 0) is 25.5 Å². The smallest absolute Gasteiger partial charge is 0.407 e. The van der Waals surface area contributed by atoms with Crippen LogP contribution in [0, 0.1) is 0 Å². The first-order valence-corrected chi connectivity index (χ1v) is 16.7. The molecule has 248 valence electrons. The van der Waals surface area contributed by atoms with Gasteiger partial charge in [0, 0.05) is 24.7 Å². The maximum Gasteiger partial charge on any atom is 0.407 e. The van der Waals surface area contributed by atoms with E-state index < -0.39 is 45.2 Å². The molecule has 2 aromatic rings. The van der Waals surface area contributed by atoms with E-state index in [0.717, 1.165) is 37.8 Å². The van der Waals surface area contributed by atoms with Gasteiger partial charge in [-0.2, -0.15) is 13.5 Å². The highest BCUT2D eigenvalue weighted by atomic mass is 35.5. The Labute approximate surface area is 267 Å². The van der Waals surface area contributed by atoms with Crippen molar-refractivity contribution in [3.8, 4) is 11.5 Å². The number of methoxy groups -OCH3 is 1. The minimum Gasteiger partial charge on any atom is -0.495 e. The van der Waals surface area contributed by atoms with Crippen molar-refractivity contribution in [3.05, 3.63) is 53.1 Å². The molecule has 10 nitrogen and oxygen atoms in total. The van der Waals surface area contributed by atoms with Crippen LogP contribution in [0.25, 0.3) is 0 Å². The third-order valence-corrected chi connectivity index (χ3v) is 9.44. The average Bonchev–Trinajstić information content (AvgIpc) is 3.48. The van der Waals surface area contributed by atoms with Crippen LogP contribution in [0.15, 0.2) is 47.4 Å². The number of carbonyl (C=O) groups is 2. The highest BCUT2D eigenvalue weighted by molar-refractivity contribution is 7.89. The van der Waals surface area contributed by atoms with Crippen LogP contribution >= 0.6 is 11.6 Å². The summed E-state index contributed by atoms with van der Waals surface area (Å²) in [5.74, 6) is -4.72. The fraction of sp³-hybridized carbons (Fsp3) is 0.548. The standard InChI is InChI=1S/C31H40ClF2N3O7S/c1-30(2,3)44-29(39)35-21-15-17-37(18-16-21)28(38)27(31(33,34)20-9-14-25(32)26(19-20)42-4)36-45(40,41)24-12-10-23(11-13-24)43-22-7-5-6-8-22/h9-14,19,21-22,27,36H,5-8,15-18H2,1-4H3,(H,35,39). The van der Waals surface area contributed by atoms with Gasteiger partial charge in [-0.3, -0.25) is 4.79 Å². The van der Waals surface area contributed by atoms with Gasteiger partial charge in [-0.15, -0.1) is 0 Å². The Morgan fingerprint density at radius 2 is 1.62 bits per heavy atom. The normalized spacial score (nSPS) is 17.5. The Hall–Kier alpha value is -3.16. The van der Waals surface area contributed by atoms with E-state index in [-0.39, 0.29) is 53.7 Å². The van der Waals surface area contributed by atoms with Gasteiger partial charge in [0.1, 0.15) is 17.1 Å². The van der Waals surface area contributed by atoms with Crippen LogP contribution in [0.2, 0.25) is 5.02 Å². The van der Waals surface area contributed by atoms with E-state index >= 15 is 8.78 Å². The number of ether oxygens (including phenoxy) is 3. The fourth-order valence-corrected chi connectivity index (χ4v) is 6.72. The zero-order chi connectivity index (χ0) is 33.0.